The van der Waals surface area contributed by atoms with Crippen molar-refractivity contribution in [3.63, 3.8) is 0 Å². The Labute approximate surface area is 103 Å². The van der Waals surface area contributed by atoms with Crippen LogP contribution in [-0.2, 0) is 6.54 Å². The third-order valence-electron chi connectivity index (χ3n) is 3.40. The van der Waals surface area contributed by atoms with E-state index in [0.717, 1.165) is 19.1 Å². The zero-order chi connectivity index (χ0) is 11.2. The minimum absolute atomic E-state index is 0.789. The Bertz CT molecular complexity index is 284. The van der Waals surface area contributed by atoms with Crippen LogP contribution in [0.5, 0.6) is 0 Å². The Morgan fingerprint density at radius 1 is 1.50 bits per heavy atom. The Morgan fingerprint density at radius 3 is 3.19 bits per heavy atom. The first-order valence-corrected chi connectivity index (χ1v) is 7.21. The molecule has 1 aromatic rings. The summed E-state index contributed by atoms with van der Waals surface area (Å²) in [6.45, 7) is 6.99. The van der Waals surface area contributed by atoms with Crippen molar-refractivity contribution in [2.75, 3.05) is 19.6 Å². The van der Waals surface area contributed by atoms with Gasteiger partial charge in [-0.05, 0) is 37.8 Å². The van der Waals surface area contributed by atoms with Gasteiger partial charge in [0.1, 0.15) is 0 Å². The Balaban J connectivity index is 1.60. The maximum atomic E-state index is 3.52. The highest BCUT2D eigenvalue weighted by atomic mass is 32.1. The minimum atomic E-state index is 0.789. The molecule has 3 heteroatoms. The molecule has 0 spiro atoms. The van der Waals surface area contributed by atoms with Gasteiger partial charge in [0.05, 0.1) is 0 Å². The van der Waals surface area contributed by atoms with E-state index in [1.165, 1.54) is 37.2 Å². The lowest BCUT2D eigenvalue weighted by Gasteiger charge is -2.33. The van der Waals surface area contributed by atoms with Crippen molar-refractivity contribution in [2.45, 2.75) is 38.8 Å². The highest BCUT2D eigenvalue weighted by Crippen LogP contribution is 2.15. The van der Waals surface area contributed by atoms with Gasteiger partial charge in [-0.3, -0.25) is 4.90 Å². The Morgan fingerprint density at radius 2 is 2.44 bits per heavy atom. The van der Waals surface area contributed by atoms with Crippen molar-refractivity contribution in [1.29, 1.82) is 0 Å². The summed E-state index contributed by atoms with van der Waals surface area (Å²) < 4.78 is 0. The predicted octanol–water partition coefficient (Wildman–Crippen LogP) is 2.71. The molecular formula is C13H22N2S. The first-order valence-electron chi connectivity index (χ1n) is 6.33. The van der Waals surface area contributed by atoms with E-state index in [1.54, 1.807) is 0 Å². The molecule has 1 saturated heterocycles. The molecule has 1 unspecified atom stereocenters. The SMILES string of the molecule is CC1CCCCN1CCNCc1cccs1. The summed E-state index contributed by atoms with van der Waals surface area (Å²) in [5.41, 5.74) is 0. The van der Waals surface area contributed by atoms with E-state index in [-0.39, 0.29) is 0 Å². The van der Waals surface area contributed by atoms with Crippen molar-refractivity contribution < 1.29 is 0 Å². The first-order chi connectivity index (χ1) is 7.86. The van der Waals surface area contributed by atoms with Gasteiger partial charge in [0.15, 0.2) is 0 Å². The van der Waals surface area contributed by atoms with E-state index in [9.17, 15) is 0 Å². The molecule has 0 bridgehead atoms. The second-order valence-corrected chi connectivity index (χ2v) is 5.67. The molecule has 1 atom stereocenters. The quantitative estimate of drug-likeness (QED) is 0.794. The van der Waals surface area contributed by atoms with Crippen LogP contribution in [0.25, 0.3) is 0 Å². The van der Waals surface area contributed by atoms with Crippen LogP contribution < -0.4 is 5.32 Å². The Hall–Kier alpha value is -0.380. The maximum absolute atomic E-state index is 3.52. The third-order valence-corrected chi connectivity index (χ3v) is 4.27. The van der Waals surface area contributed by atoms with Crippen LogP contribution in [0.2, 0.25) is 0 Å². The average molecular weight is 238 g/mol. The summed E-state index contributed by atoms with van der Waals surface area (Å²) in [6, 6.07) is 5.10. The summed E-state index contributed by atoms with van der Waals surface area (Å²) in [7, 11) is 0. The minimum Gasteiger partial charge on any atom is -0.311 e. The standard InChI is InChI=1S/C13H22N2S/c1-12-5-2-3-8-15(12)9-7-14-11-13-6-4-10-16-13/h4,6,10,12,14H,2-3,5,7-9,11H2,1H3. The van der Waals surface area contributed by atoms with Gasteiger partial charge in [-0.25, -0.2) is 0 Å². The highest BCUT2D eigenvalue weighted by Gasteiger charge is 2.16. The molecule has 16 heavy (non-hydrogen) atoms. The van der Waals surface area contributed by atoms with E-state index >= 15 is 0 Å². The molecule has 0 amide bonds. The summed E-state index contributed by atoms with van der Waals surface area (Å²) in [5.74, 6) is 0. The van der Waals surface area contributed by atoms with Gasteiger partial charge >= 0.3 is 0 Å². The second kappa shape index (κ2) is 6.38. The molecule has 0 aliphatic carbocycles. The lowest BCUT2D eigenvalue weighted by atomic mass is 10.0. The molecule has 1 aliphatic rings. The summed E-state index contributed by atoms with van der Waals surface area (Å²) >= 11 is 1.83. The van der Waals surface area contributed by atoms with Crippen molar-refractivity contribution in [3.05, 3.63) is 22.4 Å². The van der Waals surface area contributed by atoms with Crippen molar-refractivity contribution >= 4 is 11.3 Å². The van der Waals surface area contributed by atoms with Crippen LogP contribution in [0.4, 0.5) is 0 Å². The molecule has 1 aliphatic heterocycles. The molecule has 0 saturated carbocycles. The van der Waals surface area contributed by atoms with Gasteiger partial charge in [0, 0.05) is 30.6 Å². The van der Waals surface area contributed by atoms with Gasteiger partial charge in [-0.1, -0.05) is 12.5 Å². The predicted molar refractivity (Wildman–Crippen MR) is 70.9 cm³/mol. The smallest absolute Gasteiger partial charge is 0.0300 e. The topological polar surface area (TPSA) is 15.3 Å². The number of nitrogens with one attached hydrogen (secondary N) is 1. The van der Waals surface area contributed by atoms with Crippen LogP contribution in [0.15, 0.2) is 17.5 Å². The van der Waals surface area contributed by atoms with E-state index in [2.05, 4.69) is 34.7 Å². The second-order valence-electron chi connectivity index (χ2n) is 4.64. The van der Waals surface area contributed by atoms with Crippen LogP contribution in [0, 0.1) is 0 Å². The molecule has 1 aromatic heterocycles. The van der Waals surface area contributed by atoms with E-state index < -0.39 is 0 Å². The first kappa shape index (κ1) is 12.1. The van der Waals surface area contributed by atoms with Crippen LogP contribution >= 0.6 is 11.3 Å². The van der Waals surface area contributed by atoms with Gasteiger partial charge in [0.25, 0.3) is 0 Å². The Kier molecular flexibility index (Phi) is 4.82. The molecule has 0 radical (unpaired) electrons. The summed E-state index contributed by atoms with van der Waals surface area (Å²) in [4.78, 5) is 4.05. The van der Waals surface area contributed by atoms with Crippen LogP contribution in [-0.4, -0.2) is 30.6 Å². The number of piperidine rings is 1. The highest BCUT2D eigenvalue weighted by molar-refractivity contribution is 7.09. The zero-order valence-electron chi connectivity index (χ0n) is 10.1. The average Bonchev–Trinajstić information content (AvgIpc) is 2.79. The fourth-order valence-electron chi connectivity index (χ4n) is 2.34. The van der Waals surface area contributed by atoms with Crippen LogP contribution in [0.3, 0.4) is 0 Å². The number of hydrogen-bond donors (Lipinski definition) is 1. The van der Waals surface area contributed by atoms with Gasteiger partial charge in [0.2, 0.25) is 0 Å². The molecule has 2 heterocycles. The number of thiophene rings is 1. The molecular weight excluding hydrogens is 216 g/mol. The normalized spacial score (nSPS) is 22.4. The van der Waals surface area contributed by atoms with E-state index in [4.69, 9.17) is 0 Å². The van der Waals surface area contributed by atoms with Gasteiger partial charge in [-0.15, -0.1) is 11.3 Å². The summed E-state index contributed by atoms with van der Waals surface area (Å²) in [5, 5.41) is 5.67. The molecule has 2 rings (SSSR count). The van der Waals surface area contributed by atoms with E-state index in [1.807, 2.05) is 11.3 Å². The zero-order valence-corrected chi connectivity index (χ0v) is 10.9. The number of hydrogen-bond acceptors (Lipinski definition) is 3. The van der Waals surface area contributed by atoms with Crippen molar-refractivity contribution in [2.24, 2.45) is 0 Å². The molecule has 2 nitrogen and oxygen atoms in total. The van der Waals surface area contributed by atoms with Crippen LogP contribution in [0.1, 0.15) is 31.1 Å². The molecule has 1 N–H and O–H groups in total. The number of rotatable bonds is 5. The molecule has 90 valence electrons. The van der Waals surface area contributed by atoms with Gasteiger partial charge < -0.3 is 5.32 Å². The lowest BCUT2D eigenvalue weighted by molar-refractivity contribution is 0.161. The van der Waals surface area contributed by atoms with Crippen molar-refractivity contribution in [3.8, 4) is 0 Å². The van der Waals surface area contributed by atoms with Crippen molar-refractivity contribution in [1.82, 2.24) is 10.2 Å². The number of likely N-dealkylation sites (tertiary alicyclic amines) is 1. The molecule has 0 aromatic carbocycles. The maximum Gasteiger partial charge on any atom is 0.0300 e. The third kappa shape index (κ3) is 3.58. The fourth-order valence-corrected chi connectivity index (χ4v) is 3.01. The van der Waals surface area contributed by atoms with E-state index in [0.29, 0.717) is 0 Å². The fraction of sp³-hybridized carbons (Fsp3) is 0.692. The lowest BCUT2D eigenvalue weighted by Crippen LogP contribution is -2.41. The monoisotopic (exact) mass is 238 g/mol. The number of nitrogens with zero attached hydrogens (tertiary/aromatic N) is 1. The van der Waals surface area contributed by atoms with Gasteiger partial charge in [-0.2, -0.15) is 0 Å². The molecule has 1 fully saturated rings. The largest absolute Gasteiger partial charge is 0.311 e. The summed E-state index contributed by atoms with van der Waals surface area (Å²) in [6.07, 6.45) is 4.18.